The average Bonchev–Trinajstić information content (AvgIpc) is 2.10. The lowest BCUT2D eigenvalue weighted by molar-refractivity contribution is -0.130. The molecule has 0 aliphatic carbocycles. The molecule has 0 heterocycles. The molecule has 0 aromatic rings. The van der Waals surface area contributed by atoms with E-state index in [2.05, 4.69) is 10.6 Å². The molecule has 0 spiro atoms. The van der Waals surface area contributed by atoms with Crippen molar-refractivity contribution in [1.82, 2.24) is 10.6 Å². The van der Waals surface area contributed by atoms with Crippen molar-refractivity contribution in [2.75, 3.05) is 0 Å². The van der Waals surface area contributed by atoms with Crippen LogP contribution in [0.5, 0.6) is 0 Å². The Bertz CT molecular complexity index is 260. The zero-order valence-electron chi connectivity index (χ0n) is 11.8. The van der Waals surface area contributed by atoms with Gasteiger partial charge in [0.2, 0.25) is 11.8 Å². The van der Waals surface area contributed by atoms with E-state index in [0.717, 1.165) is 0 Å². The van der Waals surface area contributed by atoms with Gasteiger partial charge >= 0.3 is 0 Å². The summed E-state index contributed by atoms with van der Waals surface area (Å²) in [7, 11) is 0. The molecule has 1 atom stereocenters. The number of carbonyl (C=O) groups excluding carboxylic acids is 2. The molecule has 0 saturated carbocycles. The van der Waals surface area contributed by atoms with Crippen molar-refractivity contribution in [3.8, 4) is 0 Å². The summed E-state index contributed by atoms with van der Waals surface area (Å²) in [5.41, 5.74) is 0. The van der Waals surface area contributed by atoms with Crippen molar-refractivity contribution in [3.63, 3.8) is 0 Å². The molecular weight excluding hydrogens is 216 g/mol. The molecule has 0 aliphatic heterocycles. The highest BCUT2D eigenvalue weighted by Gasteiger charge is 2.24. The van der Waals surface area contributed by atoms with Crippen molar-refractivity contribution >= 4 is 11.8 Å². The molecule has 4 heteroatoms. The molecule has 2 N–H and O–H groups in total. The molecule has 0 aliphatic rings. The number of nitrogens with one attached hydrogen (secondary N) is 2. The fraction of sp³-hybridized carbons (Fsp3) is 0.846. The summed E-state index contributed by atoms with van der Waals surface area (Å²) in [6.45, 7) is 11.6. The number of rotatable bonds is 6. The minimum atomic E-state index is -0.441. The molecule has 100 valence electrons. The fourth-order valence-corrected chi connectivity index (χ4v) is 1.51. The second kappa shape index (κ2) is 7.30. The van der Waals surface area contributed by atoms with Crippen molar-refractivity contribution in [3.05, 3.63) is 0 Å². The van der Waals surface area contributed by atoms with E-state index in [1.807, 2.05) is 41.5 Å². The lowest BCUT2D eigenvalue weighted by atomic mass is 10.0. The van der Waals surface area contributed by atoms with Gasteiger partial charge in [-0.2, -0.15) is 0 Å². The van der Waals surface area contributed by atoms with Crippen LogP contribution in [0.3, 0.4) is 0 Å². The Balaban J connectivity index is 4.43. The smallest absolute Gasteiger partial charge is 0.243 e. The van der Waals surface area contributed by atoms with Gasteiger partial charge in [-0.15, -0.1) is 0 Å². The Labute approximate surface area is 105 Å². The molecule has 0 aromatic carbocycles. The highest BCUT2D eigenvalue weighted by atomic mass is 16.2. The van der Waals surface area contributed by atoms with E-state index in [1.54, 1.807) is 0 Å². The second-order valence-electron chi connectivity index (χ2n) is 5.55. The lowest BCUT2D eigenvalue weighted by Crippen LogP contribution is -2.51. The van der Waals surface area contributed by atoms with Crippen LogP contribution in [0.25, 0.3) is 0 Å². The van der Waals surface area contributed by atoms with Crippen molar-refractivity contribution in [2.24, 2.45) is 11.8 Å². The molecular formula is C13H26N2O2. The topological polar surface area (TPSA) is 58.2 Å². The van der Waals surface area contributed by atoms with Crippen molar-refractivity contribution < 1.29 is 9.59 Å². The predicted molar refractivity (Wildman–Crippen MR) is 69.5 cm³/mol. The zero-order valence-corrected chi connectivity index (χ0v) is 11.8. The van der Waals surface area contributed by atoms with Gasteiger partial charge in [-0.05, 0) is 25.7 Å². The molecule has 0 rings (SSSR count). The number of carbonyl (C=O) groups is 2. The van der Waals surface area contributed by atoms with Gasteiger partial charge in [-0.25, -0.2) is 0 Å². The SMILES string of the molecule is CC(C)CC(=O)N[C@H](C(=O)NC(C)C)C(C)C. The summed E-state index contributed by atoms with van der Waals surface area (Å²) in [5.74, 6) is 0.227. The number of amides is 2. The highest BCUT2D eigenvalue weighted by Crippen LogP contribution is 2.05. The number of hydrogen-bond donors (Lipinski definition) is 2. The van der Waals surface area contributed by atoms with E-state index in [4.69, 9.17) is 0 Å². The van der Waals surface area contributed by atoms with E-state index in [9.17, 15) is 9.59 Å². The zero-order chi connectivity index (χ0) is 13.6. The largest absolute Gasteiger partial charge is 0.352 e. The summed E-state index contributed by atoms with van der Waals surface area (Å²) in [5, 5.41) is 5.63. The van der Waals surface area contributed by atoms with Crippen molar-refractivity contribution in [1.29, 1.82) is 0 Å². The second-order valence-corrected chi connectivity index (χ2v) is 5.55. The maximum absolute atomic E-state index is 11.9. The third kappa shape index (κ3) is 6.97. The van der Waals surface area contributed by atoms with E-state index in [0.29, 0.717) is 12.3 Å². The van der Waals surface area contributed by atoms with E-state index < -0.39 is 6.04 Å². The van der Waals surface area contributed by atoms with Crippen LogP contribution in [0.2, 0.25) is 0 Å². The summed E-state index contributed by atoms with van der Waals surface area (Å²) in [6.07, 6.45) is 0.457. The van der Waals surface area contributed by atoms with Gasteiger partial charge in [-0.1, -0.05) is 27.7 Å². The molecule has 4 nitrogen and oxygen atoms in total. The maximum Gasteiger partial charge on any atom is 0.243 e. The third-order valence-electron chi connectivity index (χ3n) is 2.29. The lowest BCUT2D eigenvalue weighted by Gasteiger charge is -2.23. The molecule has 0 radical (unpaired) electrons. The van der Waals surface area contributed by atoms with Crippen LogP contribution in [0, 0.1) is 11.8 Å². The summed E-state index contributed by atoms with van der Waals surface area (Å²) >= 11 is 0. The van der Waals surface area contributed by atoms with Crippen LogP contribution in [0.4, 0.5) is 0 Å². The molecule has 0 saturated heterocycles. The Morgan fingerprint density at radius 1 is 0.941 bits per heavy atom. The van der Waals surface area contributed by atoms with Crippen LogP contribution in [-0.2, 0) is 9.59 Å². The summed E-state index contributed by atoms with van der Waals surface area (Å²) < 4.78 is 0. The molecule has 2 amide bonds. The van der Waals surface area contributed by atoms with Gasteiger partial charge < -0.3 is 10.6 Å². The Hall–Kier alpha value is -1.06. The monoisotopic (exact) mass is 242 g/mol. The quantitative estimate of drug-likeness (QED) is 0.745. The average molecular weight is 242 g/mol. The van der Waals surface area contributed by atoms with Crippen LogP contribution < -0.4 is 10.6 Å². The van der Waals surface area contributed by atoms with Gasteiger partial charge in [0.25, 0.3) is 0 Å². The third-order valence-corrected chi connectivity index (χ3v) is 2.29. The van der Waals surface area contributed by atoms with Gasteiger partial charge in [0.05, 0.1) is 0 Å². The van der Waals surface area contributed by atoms with Crippen LogP contribution >= 0.6 is 0 Å². The molecule has 0 aromatic heterocycles. The highest BCUT2D eigenvalue weighted by molar-refractivity contribution is 5.88. The molecule has 0 unspecified atom stereocenters. The first-order valence-electron chi connectivity index (χ1n) is 6.33. The van der Waals surface area contributed by atoms with Crippen molar-refractivity contribution in [2.45, 2.75) is 60.0 Å². The van der Waals surface area contributed by atoms with Gasteiger partial charge in [0.15, 0.2) is 0 Å². The summed E-state index contributed by atoms with van der Waals surface area (Å²) in [4.78, 5) is 23.6. The van der Waals surface area contributed by atoms with E-state index in [-0.39, 0.29) is 23.8 Å². The van der Waals surface area contributed by atoms with E-state index >= 15 is 0 Å². The Morgan fingerprint density at radius 2 is 1.47 bits per heavy atom. The van der Waals surface area contributed by atoms with Crippen LogP contribution in [0.1, 0.15) is 48.0 Å². The van der Waals surface area contributed by atoms with Crippen LogP contribution in [0.15, 0.2) is 0 Å². The first-order valence-corrected chi connectivity index (χ1v) is 6.33. The number of hydrogen-bond acceptors (Lipinski definition) is 2. The van der Waals surface area contributed by atoms with Gasteiger partial charge in [-0.3, -0.25) is 9.59 Å². The standard InChI is InChI=1S/C13H26N2O2/c1-8(2)7-11(16)15-12(9(3)4)13(17)14-10(5)6/h8-10,12H,7H2,1-6H3,(H,14,17)(H,15,16)/t12-/m0/s1. The first-order chi connectivity index (χ1) is 7.73. The Kier molecular flexibility index (Phi) is 6.85. The fourth-order valence-electron chi connectivity index (χ4n) is 1.51. The normalized spacial score (nSPS) is 13.0. The van der Waals surface area contributed by atoms with Gasteiger partial charge in [0.1, 0.15) is 6.04 Å². The molecule has 0 bridgehead atoms. The maximum atomic E-state index is 11.9. The first kappa shape index (κ1) is 15.9. The van der Waals surface area contributed by atoms with Crippen LogP contribution in [-0.4, -0.2) is 23.9 Å². The minimum absolute atomic E-state index is 0.0578. The molecule has 0 fully saturated rings. The predicted octanol–water partition coefficient (Wildman–Crippen LogP) is 1.70. The molecule has 17 heavy (non-hydrogen) atoms. The minimum Gasteiger partial charge on any atom is -0.352 e. The van der Waals surface area contributed by atoms with E-state index in [1.165, 1.54) is 0 Å². The summed E-state index contributed by atoms with van der Waals surface area (Å²) in [6, 6.07) is -0.352. The Morgan fingerprint density at radius 3 is 1.82 bits per heavy atom. The van der Waals surface area contributed by atoms with Gasteiger partial charge in [0, 0.05) is 12.5 Å².